The molecule has 5 nitrogen and oxygen atoms in total. The van der Waals surface area contributed by atoms with Crippen LogP contribution in [0.25, 0.3) is 106 Å². The van der Waals surface area contributed by atoms with Crippen LogP contribution in [0.3, 0.4) is 0 Å². The van der Waals surface area contributed by atoms with Crippen molar-refractivity contribution in [1.29, 1.82) is 0 Å². The SMILES string of the molecule is Cc1cc(C)cc(-c2cccc(-c3cc(C)cc(C)c3)c2-c2ccc3c(nc(-c4ccc5c(n4)-c4c(O)cccc4CC5)n3-c3c(C)cccc3C)c2-c2[c-]cc3c(c2)oc2ccccc23)c1.[Pt]. The number of rotatable bonds is 6. The monoisotopic (exact) mass is 1060 g/mol. The van der Waals surface area contributed by atoms with Gasteiger partial charge in [0.25, 0.3) is 0 Å². The largest absolute Gasteiger partial charge is 0.507 e. The molecule has 0 bridgehead atoms. The van der Waals surface area contributed by atoms with E-state index in [0.717, 1.165) is 141 Å². The predicted octanol–water partition coefficient (Wildman–Crippen LogP) is 15.8. The van der Waals surface area contributed by atoms with E-state index in [1.54, 1.807) is 6.07 Å². The molecular formula is C62H48N3O2Pt-. The molecule has 68 heavy (non-hydrogen) atoms. The predicted molar refractivity (Wildman–Crippen MR) is 275 cm³/mol. The third-order valence-corrected chi connectivity index (χ3v) is 13.7. The van der Waals surface area contributed by atoms with Gasteiger partial charge in [-0.25, -0.2) is 9.97 Å². The Balaban J connectivity index is 0.00000507. The average molecular weight is 1060 g/mol. The van der Waals surface area contributed by atoms with Gasteiger partial charge in [-0.1, -0.05) is 148 Å². The third kappa shape index (κ3) is 7.11. The van der Waals surface area contributed by atoms with Crippen molar-refractivity contribution in [3.05, 3.63) is 202 Å². The van der Waals surface area contributed by atoms with Crippen molar-refractivity contribution in [2.24, 2.45) is 0 Å². The van der Waals surface area contributed by atoms with Crippen LogP contribution in [0.4, 0.5) is 0 Å². The van der Waals surface area contributed by atoms with Gasteiger partial charge in [-0.2, -0.15) is 0 Å². The Hall–Kier alpha value is -7.33. The van der Waals surface area contributed by atoms with E-state index in [2.05, 4.69) is 180 Å². The Morgan fingerprint density at radius 3 is 1.90 bits per heavy atom. The van der Waals surface area contributed by atoms with Crippen LogP contribution in [0.2, 0.25) is 0 Å². The van der Waals surface area contributed by atoms with Gasteiger partial charge < -0.3 is 9.52 Å². The summed E-state index contributed by atoms with van der Waals surface area (Å²) in [7, 11) is 0. The van der Waals surface area contributed by atoms with E-state index < -0.39 is 0 Å². The first kappa shape index (κ1) is 43.3. The number of aromatic hydroxyl groups is 1. The van der Waals surface area contributed by atoms with Crippen LogP contribution in [0.1, 0.15) is 44.5 Å². The molecule has 1 aliphatic carbocycles. The molecule has 0 unspecified atom stereocenters. The van der Waals surface area contributed by atoms with E-state index in [4.69, 9.17) is 14.4 Å². The first-order valence-corrected chi connectivity index (χ1v) is 23.2. The van der Waals surface area contributed by atoms with Crippen molar-refractivity contribution in [2.45, 2.75) is 54.4 Å². The summed E-state index contributed by atoms with van der Waals surface area (Å²) in [4.78, 5) is 11.3. The van der Waals surface area contributed by atoms with Gasteiger partial charge in [0.05, 0.1) is 28.0 Å². The molecule has 0 saturated heterocycles. The molecule has 0 aliphatic heterocycles. The summed E-state index contributed by atoms with van der Waals surface area (Å²) in [6.07, 6.45) is 1.70. The van der Waals surface area contributed by atoms with Gasteiger partial charge in [0.15, 0.2) is 5.82 Å². The number of phenolic OH excluding ortho intramolecular Hbond substituents is 1. The number of benzene rings is 8. The Morgan fingerprint density at radius 1 is 0.544 bits per heavy atom. The van der Waals surface area contributed by atoms with Gasteiger partial charge >= 0.3 is 0 Å². The molecule has 1 N–H and O–H groups in total. The molecule has 0 saturated carbocycles. The molecule has 0 atom stereocenters. The van der Waals surface area contributed by atoms with E-state index >= 15 is 0 Å². The maximum atomic E-state index is 11.3. The Bertz CT molecular complexity index is 3720. The molecule has 0 spiro atoms. The van der Waals surface area contributed by atoms with Crippen molar-refractivity contribution in [2.75, 3.05) is 0 Å². The average Bonchev–Trinajstić information content (AvgIpc) is 3.88. The van der Waals surface area contributed by atoms with Crippen LogP contribution in [0.5, 0.6) is 5.75 Å². The number of para-hydroxylation sites is 2. The topological polar surface area (TPSA) is 64.1 Å². The molecule has 6 heteroatoms. The number of imidazole rings is 1. The minimum Gasteiger partial charge on any atom is -0.507 e. The molecule has 12 rings (SSSR count). The molecule has 334 valence electrons. The molecule has 11 aromatic rings. The maximum Gasteiger partial charge on any atom is 0.163 e. The summed E-state index contributed by atoms with van der Waals surface area (Å²) in [6, 6.07) is 57.7. The number of aromatic nitrogens is 3. The van der Waals surface area contributed by atoms with Crippen molar-refractivity contribution in [1.82, 2.24) is 14.5 Å². The second-order valence-electron chi connectivity index (χ2n) is 18.6. The van der Waals surface area contributed by atoms with E-state index in [1.165, 1.54) is 22.3 Å². The number of phenols is 1. The molecule has 0 amide bonds. The van der Waals surface area contributed by atoms with Gasteiger partial charge in [-0.05, 0) is 140 Å². The van der Waals surface area contributed by atoms with E-state index in [9.17, 15) is 5.11 Å². The molecule has 0 radical (unpaired) electrons. The maximum absolute atomic E-state index is 11.3. The van der Waals surface area contributed by atoms with E-state index in [1.807, 2.05) is 18.2 Å². The molecule has 1 aliphatic rings. The minimum atomic E-state index is 0. The molecular weight excluding hydrogens is 1010 g/mol. The summed E-state index contributed by atoms with van der Waals surface area (Å²) >= 11 is 0. The first-order valence-electron chi connectivity index (χ1n) is 23.2. The van der Waals surface area contributed by atoms with Gasteiger partial charge in [0.2, 0.25) is 0 Å². The fraction of sp³-hybridized carbons (Fsp3) is 0.129. The summed E-state index contributed by atoms with van der Waals surface area (Å²) in [5, 5.41) is 13.4. The second kappa shape index (κ2) is 16.8. The Morgan fingerprint density at radius 2 is 1.19 bits per heavy atom. The zero-order valence-electron chi connectivity index (χ0n) is 38.9. The Labute approximate surface area is 411 Å². The Kier molecular flexibility index (Phi) is 10.7. The molecule has 8 aromatic carbocycles. The summed E-state index contributed by atoms with van der Waals surface area (Å²) < 4.78 is 8.93. The fourth-order valence-corrected chi connectivity index (χ4v) is 10.9. The number of furan rings is 1. The van der Waals surface area contributed by atoms with Crippen LogP contribution < -0.4 is 0 Å². The number of fused-ring (bicyclic) bond motifs is 7. The van der Waals surface area contributed by atoms with Crippen molar-refractivity contribution < 1.29 is 30.6 Å². The third-order valence-electron chi connectivity index (χ3n) is 13.7. The van der Waals surface area contributed by atoms with Gasteiger partial charge in [-0.3, -0.25) is 4.57 Å². The molecule has 3 heterocycles. The number of nitrogens with zero attached hydrogens (tertiary/aromatic N) is 3. The van der Waals surface area contributed by atoms with Gasteiger partial charge in [-0.15, -0.1) is 23.8 Å². The normalized spacial score (nSPS) is 12.1. The van der Waals surface area contributed by atoms with Crippen LogP contribution in [-0.2, 0) is 33.9 Å². The molecule has 0 fully saturated rings. The van der Waals surface area contributed by atoms with Gasteiger partial charge in [0, 0.05) is 26.6 Å². The van der Waals surface area contributed by atoms with Crippen LogP contribution in [0.15, 0.2) is 156 Å². The summed E-state index contributed by atoms with van der Waals surface area (Å²) in [6.45, 7) is 13.0. The van der Waals surface area contributed by atoms with Crippen LogP contribution >= 0.6 is 0 Å². The first-order chi connectivity index (χ1) is 32.6. The standard InChI is InChI=1S/C62H48N3O2.Pt/c1-35-28-36(2)31-44(30-35)46-16-11-17-47(45-32-37(3)29-38(4)33-45)58(46)50-25-27-52-60(56(50)43-22-24-49-48-15-7-8-19-54(48)67-55(49)34-43)64-62(65(52)61-39(5)12-9-13-40(61)6)51-26-23-42-21-20-41-14-10-18-53(66)57(41)59(42)63-51;/h7-19,23-34,66H,20-21H2,1-6H3;/q-1;. The van der Waals surface area contributed by atoms with Crippen LogP contribution in [0, 0.1) is 47.6 Å². The summed E-state index contributed by atoms with van der Waals surface area (Å²) in [5.41, 5.74) is 24.7. The second-order valence-corrected chi connectivity index (χ2v) is 18.6. The van der Waals surface area contributed by atoms with Crippen molar-refractivity contribution in [3.8, 4) is 78.7 Å². The number of hydrogen-bond donors (Lipinski definition) is 1. The quantitative estimate of drug-likeness (QED) is 0.169. The minimum absolute atomic E-state index is 0. The van der Waals surface area contributed by atoms with Crippen LogP contribution in [-0.4, -0.2) is 19.6 Å². The smallest absolute Gasteiger partial charge is 0.163 e. The van der Waals surface area contributed by atoms with Crippen molar-refractivity contribution in [3.63, 3.8) is 0 Å². The van der Waals surface area contributed by atoms with Gasteiger partial charge in [0.1, 0.15) is 17.0 Å². The van der Waals surface area contributed by atoms with E-state index in [-0.39, 0.29) is 26.8 Å². The fourth-order valence-electron chi connectivity index (χ4n) is 10.9. The van der Waals surface area contributed by atoms with Crippen molar-refractivity contribution >= 4 is 33.0 Å². The molecule has 3 aromatic heterocycles. The number of aryl methyl sites for hydroxylation is 8. The number of pyridine rings is 1. The van der Waals surface area contributed by atoms with E-state index in [0.29, 0.717) is 0 Å². The zero-order chi connectivity index (χ0) is 45.7. The summed E-state index contributed by atoms with van der Waals surface area (Å²) in [5.74, 6) is 0.968. The zero-order valence-corrected chi connectivity index (χ0v) is 41.1. The number of hydrogen-bond acceptors (Lipinski definition) is 4.